The summed E-state index contributed by atoms with van der Waals surface area (Å²) in [6, 6.07) is 9.79. The normalized spacial score (nSPS) is 17.6. The van der Waals surface area contributed by atoms with Crippen molar-refractivity contribution in [3.63, 3.8) is 0 Å². The van der Waals surface area contributed by atoms with Crippen molar-refractivity contribution in [3.05, 3.63) is 53.4 Å². The second-order valence-corrected chi connectivity index (χ2v) is 8.73. The molecule has 3 rings (SSSR count). The highest BCUT2D eigenvalue weighted by atomic mass is 35.5. The molecule has 0 spiro atoms. The van der Waals surface area contributed by atoms with Gasteiger partial charge in [0.05, 0.1) is 23.9 Å². The maximum atomic E-state index is 12.7. The van der Waals surface area contributed by atoms with Gasteiger partial charge in [0.15, 0.2) is 0 Å². The Labute approximate surface area is 163 Å². The number of furan rings is 1. The molecular weight excluding hydrogens is 390 g/mol. The fourth-order valence-electron chi connectivity index (χ4n) is 3.02. The van der Waals surface area contributed by atoms with E-state index >= 15 is 0 Å². The molecule has 1 atom stereocenters. The van der Waals surface area contributed by atoms with Gasteiger partial charge in [-0.05, 0) is 31.2 Å². The Bertz CT molecular complexity index is 878. The number of carbonyl (C=O) groups excluding carboxylic acids is 1. The second kappa shape index (κ2) is 8.43. The molecule has 27 heavy (non-hydrogen) atoms. The van der Waals surface area contributed by atoms with E-state index in [1.165, 1.54) is 10.4 Å². The molecule has 1 saturated heterocycles. The smallest absolute Gasteiger partial charge is 0.244 e. The van der Waals surface area contributed by atoms with E-state index in [0.29, 0.717) is 31.9 Å². The van der Waals surface area contributed by atoms with Crippen LogP contribution in [0.3, 0.4) is 0 Å². The number of halogens is 1. The zero-order valence-electron chi connectivity index (χ0n) is 15.0. The van der Waals surface area contributed by atoms with Gasteiger partial charge < -0.3 is 9.73 Å². The molecule has 0 radical (unpaired) electrons. The molecule has 2 aromatic rings. The van der Waals surface area contributed by atoms with E-state index in [2.05, 4.69) is 5.32 Å². The lowest BCUT2D eigenvalue weighted by molar-refractivity contribution is -0.123. The summed E-state index contributed by atoms with van der Waals surface area (Å²) >= 11 is 6.04. The number of piperazine rings is 1. The van der Waals surface area contributed by atoms with E-state index < -0.39 is 10.0 Å². The Morgan fingerprint density at radius 2 is 1.89 bits per heavy atom. The first-order valence-electron chi connectivity index (χ1n) is 8.68. The van der Waals surface area contributed by atoms with Gasteiger partial charge in [0.1, 0.15) is 10.7 Å². The lowest BCUT2D eigenvalue weighted by Gasteiger charge is -2.33. The van der Waals surface area contributed by atoms with E-state index in [1.54, 1.807) is 30.5 Å². The first-order chi connectivity index (χ1) is 12.9. The van der Waals surface area contributed by atoms with Gasteiger partial charge in [-0.15, -0.1) is 0 Å². The quantitative estimate of drug-likeness (QED) is 0.787. The van der Waals surface area contributed by atoms with Crippen LogP contribution in [0.4, 0.5) is 0 Å². The number of hydrogen-bond acceptors (Lipinski definition) is 5. The number of nitrogens with one attached hydrogen (secondary N) is 1. The molecule has 1 amide bonds. The van der Waals surface area contributed by atoms with Gasteiger partial charge in [0, 0.05) is 26.2 Å². The second-order valence-electron chi connectivity index (χ2n) is 6.42. The summed E-state index contributed by atoms with van der Waals surface area (Å²) in [5, 5.41) is 3.09. The van der Waals surface area contributed by atoms with Gasteiger partial charge in [-0.25, -0.2) is 8.42 Å². The fraction of sp³-hybridized carbons (Fsp3) is 0.389. The number of rotatable bonds is 6. The Balaban J connectivity index is 1.53. The number of carbonyl (C=O) groups is 1. The molecule has 7 nitrogen and oxygen atoms in total. The SMILES string of the molecule is C[C@H](NC(=O)CN1CCN(S(=O)(=O)c2ccccc2Cl)CC1)c1ccco1. The average Bonchev–Trinajstić information content (AvgIpc) is 3.17. The van der Waals surface area contributed by atoms with Crippen LogP contribution in [-0.4, -0.2) is 56.3 Å². The third-order valence-electron chi connectivity index (χ3n) is 4.50. The maximum absolute atomic E-state index is 12.7. The fourth-order valence-corrected chi connectivity index (χ4v) is 4.94. The van der Waals surface area contributed by atoms with Crippen LogP contribution in [-0.2, 0) is 14.8 Å². The third kappa shape index (κ3) is 4.70. The molecule has 1 N–H and O–H groups in total. The number of nitrogens with zero attached hydrogens (tertiary/aromatic N) is 2. The molecule has 2 heterocycles. The molecule has 1 aliphatic heterocycles. The van der Waals surface area contributed by atoms with Crippen molar-refractivity contribution in [1.82, 2.24) is 14.5 Å². The predicted octanol–water partition coefficient (Wildman–Crippen LogP) is 2.12. The Hall–Kier alpha value is -1.87. The molecule has 0 unspecified atom stereocenters. The lowest BCUT2D eigenvalue weighted by Crippen LogP contribution is -2.51. The Morgan fingerprint density at radius 3 is 2.52 bits per heavy atom. The van der Waals surface area contributed by atoms with Gasteiger partial charge in [0.25, 0.3) is 0 Å². The molecule has 1 aromatic heterocycles. The van der Waals surface area contributed by atoms with Crippen molar-refractivity contribution < 1.29 is 17.6 Å². The van der Waals surface area contributed by atoms with Crippen LogP contribution in [0.2, 0.25) is 5.02 Å². The highest BCUT2D eigenvalue weighted by Gasteiger charge is 2.30. The third-order valence-corrected chi connectivity index (χ3v) is 6.90. The predicted molar refractivity (Wildman–Crippen MR) is 102 cm³/mol. The summed E-state index contributed by atoms with van der Waals surface area (Å²) in [6.07, 6.45) is 1.57. The van der Waals surface area contributed by atoms with Crippen LogP contribution in [0.25, 0.3) is 0 Å². The van der Waals surface area contributed by atoms with Crippen molar-refractivity contribution in [1.29, 1.82) is 0 Å². The van der Waals surface area contributed by atoms with E-state index in [-0.39, 0.29) is 28.4 Å². The minimum Gasteiger partial charge on any atom is -0.467 e. The van der Waals surface area contributed by atoms with Gasteiger partial charge >= 0.3 is 0 Å². The molecule has 0 saturated carbocycles. The summed E-state index contributed by atoms with van der Waals surface area (Å²) in [5.74, 6) is 0.570. The van der Waals surface area contributed by atoms with Gasteiger partial charge in [-0.3, -0.25) is 9.69 Å². The van der Waals surface area contributed by atoms with E-state index in [0.717, 1.165) is 0 Å². The first kappa shape index (κ1) is 19.9. The van der Waals surface area contributed by atoms with Crippen LogP contribution in [0.15, 0.2) is 52.0 Å². The van der Waals surface area contributed by atoms with Crippen LogP contribution in [0.1, 0.15) is 18.7 Å². The summed E-state index contributed by atoms with van der Waals surface area (Å²) < 4.78 is 32.2. The molecule has 9 heteroatoms. The number of benzene rings is 1. The standard InChI is InChI=1S/C18H22ClN3O4S/c1-14(16-6-4-12-26-16)20-18(23)13-21-8-10-22(11-9-21)27(24,25)17-7-3-2-5-15(17)19/h2-7,12,14H,8-11,13H2,1H3,(H,20,23)/t14-/m0/s1. The van der Waals surface area contributed by atoms with Crippen LogP contribution in [0, 0.1) is 0 Å². The molecule has 1 aliphatic rings. The molecular formula is C18H22ClN3O4S. The lowest BCUT2D eigenvalue weighted by atomic mass is 10.2. The number of hydrogen-bond donors (Lipinski definition) is 1. The topological polar surface area (TPSA) is 82.9 Å². The average molecular weight is 412 g/mol. The van der Waals surface area contributed by atoms with Gasteiger partial charge in [-0.2, -0.15) is 4.31 Å². The minimum absolute atomic E-state index is 0.116. The van der Waals surface area contributed by atoms with E-state index in [9.17, 15) is 13.2 Å². The van der Waals surface area contributed by atoms with Crippen molar-refractivity contribution in [2.75, 3.05) is 32.7 Å². The van der Waals surface area contributed by atoms with Gasteiger partial charge in [0.2, 0.25) is 15.9 Å². The number of amides is 1. The Morgan fingerprint density at radius 1 is 1.19 bits per heavy atom. The molecule has 1 aromatic carbocycles. The highest BCUT2D eigenvalue weighted by Crippen LogP contribution is 2.25. The van der Waals surface area contributed by atoms with Gasteiger partial charge in [-0.1, -0.05) is 23.7 Å². The maximum Gasteiger partial charge on any atom is 0.244 e. The summed E-state index contributed by atoms with van der Waals surface area (Å²) in [4.78, 5) is 14.3. The zero-order chi connectivity index (χ0) is 19.4. The van der Waals surface area contributed by atoms with Crippen molar-refractivity contribution in [2.45, 2.75) is 17.9 Å². The van der Waals surface area contributed by atoms with Crippen molar-refractivity contribution in [2.24, 2.45) is 0 Å². The molecule has 1 fully saturated rings. The van der Waals surface area contributed by atoms with Crippen molar-refractivity contribution >= 4 is 27.5 Å². The van der Waals surface area contributed by atoms with Crippen LogP contribution >= 0.6 is 11.6 Å². The highest BCUT2D eigenvalue weighted by molar-refractivity contribution is 7.89. The van der Waals surface area contributed by atoms with Crippen molar-refractivity contribution in [3.8, 4) is 0 Å². The van der Waals surface area contributed by atoms with Crippen LogP contribution < -0.4 is 5.32 Å². The summed E-state index contributed by atoms with van der Waals surface area (Å²) in [6.45, 7) is 3.65. The zero-order valence-corrected chi connectivity index (χ0v) is 16.5. The number of sulfonamides is 1. The molecule has 0 aliphatic carbocycles. The van der Waals surface area contributed by atoms with E-state index in [4.69, 9.17) is 16.0 Å². The summed E-state index contributed by atoms with van der Waals surface area (Å²) in [7, 11) is -3.63. The monoisotopic (exact) mass is 411 g/mol. The van der Waals surface area contributed by atoms with Crippen LogP contribution in [0.5, 0.6) is 0 Å². The molecule has 146 valence electrons. The minimum atomic E-state index is -3.63. The van der Waals surface area contributed by atoms with E-state index in [1.807, 2.05) is 17.9 Å². The first-order valence-corrected chi connectivity index (χ1v) is 10.5. The Kier molecular flexibility index (Phi) is 6.21. The summed E-state index contributed by atoms with van der Waals surface area (Å²) in [5.41, 5.74) is 0. The largest absolute Gasteiger partial charge is 0.467 e. The molecule has 0 bridgehead atoms.